The molecule has 0 aromatic heterocycles. The van der Waals surface area contributed by atoms with Crippen molar-refractivity contribution in [1.82, 2.24) is 9.80 Å². The summed E-state index contributed by atoms with van der Waals surface area (Å²) in [6.45, 7) is 10.7. The summed E-state index contributed by atoms with van der Waals surface area (Å²) in [7, 11) is 1.36. The molecule has 6 heteroatoms. The molecule has 2 amide bonds. The van der Waals surface area contributed by atoms with Crippen molar-refractivity contribution in [3.63, 3.8) is 0 Å². The fourth-order valence-corrected chi connectivity index (χ4v) is 4.36. The van der Waals surface area contributed by atoms with Crippen LogP contribution in [-0.4, -0.2) is 61.6 Å². The van der Waals surface area contributed by atoms with Gasteiger partial charge in [0.1, 0.15) is 0 Å². The molecule has 1 aliphatic heterocycles. The smallest absolute Gasteiger partial charge is 0.411 e. The zero-order valence-electron chi connectivity index (χ0n) is 20.2. The standard InChI is InChI=1S/C27H35N3O3/c1-5-29-17-15-21(16-18-29)25(23-9-8-10-24(19-23)28-27(32)33-4)20-11-13-22(14-12-20)26(31)30(6-2)7-3/h8-14,19H,5-7,15-18H2,1-4H3,(H,28,32). The summed E-state index contributed by atoms with van der Waals surface area (Å²) >= 11 is 0. The van der Waals surface area contributed by atoms with Gasteiger partial charge in [-0.1, -0.05) is 36.8 Å². The van der Waals surface area contributed by atoms with Gasteiger partial charge in [-0.15, -0.1) is 0 Å². The molecule has 3 rings (SSSR count). The highest BCUT2D eigenvalue weighted by atomic mass is 16.5. The number of hydrogen-bond donors (Lipinski definition) is 1. The number of amides is 2. The van der Waals surface area contributed by atoms with E-state index in [0.29, 0.717) is 24.3 Å². The monoisotopic (exact) mass is 449 g/mol. The molecule has 1 saturated heterocycles. The molecule has 0 bridgehead atoms. The maximum Gasteiger partial charge on any atom is 0.411 e. The molecular formula is C27H35N3O3. The quantitative estimate of drug-likeness (QED) is 0.626. The summed E-state index contributed by atoms with van der Waals surface area (Å²) in [6.07, 6.45) is 1.51. The third-order valence-corrected chi connectivity index (χ3v) is 6.31. The number of anilines is 1. The van der Waals surface area contributed by atoms with Gasteiger partial charge < -0.3 is 14.5 Å². The molecule has 33 heavy (non-hydrogen) atoms. The fraction of sp³-hybridized carbons (Fsp3) is 0.407. The normalized spacial score (nSPS) is 14.0. The van der Waals surface area contributed by atoms with Crippen LogP contribution in [0.4, 0.5) is 10.5 Å². The minimum absolute atomic E-state index is 0.0567. The summed E-state index contributed by atoms with van der Waals surface area (Å²) in [4.78, 5) is 28.8. The zero-order chi connectivity index (χ0) is 23.8. The van der Waals surface area contributed by atoms with Gasteiger partial charge in [0.15, 0.2) is 0 Å². The molecule has 1 fully saturated rings. The lowest BCUT2D eigenvalue weighted by Crippen LogP contribution is -2.30. The van der Waals surface area contributed by atoms with Crippen LogP contribution in [0.2, 0.25) is 0 Å². The highest BCUT2D eigenvalue weighted by molar-refractivity contribution is 5.95. The van der Waals surface area contributed by atoms with Crippen molar-refractivity contribution in [3.8, 4) is 0 Å². The van der Waals surface area contributed by atoms with E-state index >= 15 is 0 Å². The Hall–Kier alpha value is -3.12. The SMILES string of the molecule is CCN1CCC(=C(c2ccc(C(=O)N(CC)CC)cc2)c2cccc(NC(=O)OC)c2)CC1. The summed E-state index contributed by atoms with van der Waals surface area (Å²) in [5, 5.41) is 2.76. The Morgan fingerprint density at radius 3 is 2.15 bits per heavy atom. The Kier molecular flexibility index (Phi) is 8.66. The lowest BCUT2D eigenvalue weighted by atomic mass is 9.88. The molecule has 6 nitrogen and oxygen atoms in total. The molecule has 0 radical (unpaired) electrons. The van der Waals surface area contributed by atoms with E-state index < -0.39 is 6.09 Å². The van der Waals surface area contributed by atoms with Crippen LogP contribution < -0.4 is 5.32 Å². The Morgan fingerprint density at radius 2 is 1.58 bits per heavy atom. The topological polar surface area (TPSA) is 61.9 Å². The van der Waals surface area contributed by atoms with Crippen LogP contribution >= 0.6 is 0 Å². The number of carbonyl (C=O) groups is 2. The van der Waals surface area contributed by atoms with E-state index in [4.69, 9.17) is 4.74 Å². The van der Waals surface area contributed by atoms with Crippen LogP contribution in [0.25, 0.3) is 5.57 Å². The van der Waals surface area contributed by atoms with E-state index in [0.717, 1.165) is 43.6 Å². The van der Waals surface area contributed by atoms with Crippen molar-refractivity contribution in [3.05, 3.63) is 70.8 Å². The molecule has 1 N–H and O–H groups in total. The van der Waals surface area contributed by atoms with Crippen molar-refractivity contribution in [2.45, 2.75) is 33.6 Å². The number of piperidine rings is 1. The number of rotatable bonds is 7. The number of carbonyl (C=O) groups excluding carboxylic acids is 2. The molecule has 0 atom stereocenters. The maximum absolute atomic E-state index is 12.8. The molecular weight excluding hydrogens is 414 g/mol. The molecule has 176 valence electrons. The van der Waals surface area contributed by atoms with Gasteiger partial charge in [-0.25, -0.2) is 4.79 Å². The van der Waals surface area contributed by atoms with E-state index in [1.807, 2.05) is 61.2 Å². The number of benzene rings is 2. The van der Waals surface area contributed by atoms with Crippen molar-refractivity contribution in [2.75, 3.05) is 45.2 Å². The zero-order valence-corrected chi connectivity index (χ0v) is 20.2. The van der Waals surface area contributed by atoms with Gasteiger partial charge in [0.05, 0.1) is 7.11 Å². The van der Waals surface area contributed by atoms with E-state index in [1.54, 1.807) is 0 Å². The average Bonchev–Trinajstić information content (AvgIpc) is 2.86. The van der Waals surface area contributed by atoms with Gasteiger partial charge in [-0.3, -0.25) is 10.1 Å². The summed E-state index contributed by atoms with van der Waals surface area (Å²) in [6, 6.07) is 15.8. The van der Waals surface area contributed by atoms with Crippen molar-refractivity contribution >= 4 is 23.3 Å². The Morgan fingerprint density at radius 1 is 0.939 bits per heavy atom. The summed E-state index contributed by atoms with van der Waals surface area (Å²) in [5.41, 5.74) is 6.11. The Balaban J connectivity index is 2.00. The highest BCUT2D eigenvalue weighted by Crippen LogP contribution is 2.33. The van der Waals surface area contributed by atoms with Crippen LogP contribution in [0, 0.1) is 0 Å². The average molecular weight is 450 g/mol. The van der Waals surface area contributed by atoms with Gasteiger partial charge in [-0.05, 0) is 74.2 Å². The molecule has 2 aromatic carbocycles. The number of likely N-dealkylation sites (tertiary alicyclic amines) is 1. The summed E-state index contributed by atoms with van der Waals surface area (Å²) in [5.74, 6) is 0.0567. The predicted molar refractivity (Wildman–Crippen MR) is 134 cm³/mol. The molecule has 1 heterocycles. The number of nitrogens with zero attached hydrogens (tertiary/aromatic N) is 2. The van der Waals surface area contributed by atoms with E-state index in [-0.39, 0.29) is 5.91 Å². The second-order valence-corrected chi connectivity index (χ2v) is 8.16. The first-order valence-electron chi connectivity index (χ1n) is 11.8. The van der Waals surface area contributed by atoms with Crippen molar-refractivity contribution in [1.29, 1.82) is 0 Å². The summed E-state index contributed by atoms with van der Waals surface area (Å²) < 4.78 is 4.75. The Bertz CT molecular complexity index is 984. The van der Waals surface area contributed by atoms with Gasteiger partial charge in [0, 0.05) is 37.4 Å². The van der Waals surface area contributed by atoms with Crippen molar-refractivity contribution < 1.29 is 14.3 Å². The lowest BCUT2D eigenvalue weighted by Gasteiger charge is -2.29. The minimum atomic E-state index is -0.489. The third-order valence-electron chi connectivity index (χ3n) is 6.31. The minimum Gasteiger partial charge on any atom is -0.453 e. The van der Waals surface area contributed by atoms with Gasteiger partial charge in [0.25, 0.3) is 5.91 Å². The largest absolute Gasteiger partial charge is 0.453 e. The first-order chi connectivity index (χ1) is 16.0. The number of hydrogen-bond acceptors (Lipinski definition) is 4. The van der Waals surface area contributed by atoms with Crippen LogP contribution in [0.3, 0.4) is 0 Å². The molecule has 0 spiro atoms. The Labute approximate surface area is 197 Å². The van der Waals surface area contributed by atoms with Crippen LogP contribution in [0.5, 0.6) is 0 Å². The van der Waals surface area contributed by atoms with Crippen LogP contribution in [0.15, 0.2) is 54.1 Å². The molecule has 0 aliphatic carbocycles. The molecule has 0 unspecified atom stereocenters. The van der Waals surface area contributed by atoms with E-state index in [2.05, 4.69) is 23.2 Å². The maximum atomic E-state index is 12.8. The first kappa shape index (κ1) is 24.5. The van der Waals surface area contributed by atoms with Crippen molar-refractivity contribution in [2.24, 2.45) is 0 Å². The third kappa shape index (κ3) is 6.02. The first-order valence-corrected chi connectivity index (χ1v) is 11.8. The second kappa shape index (κ2) is 11.7. The van der Waals surface area contributed by atoms with Gasteiger partial charge in [0.2, 0.25) is 0 Å². The predicted octanol–water partition coefficient (Wildman–Crippen LogP) is 5.26. The van der Waals surface area contributed by atoms with Crippen LogP contribution in [-0.2, 0) is 4.74 Å². The second-order valence-electron chi connectivity index (χ2n) is 8.16. The highest BCUT2D eigenvalue weighted by Gasteiger charge is 2.19. The molecule has 0 saturated carbocycles. The van der Waals surface area contributed by atoms with Gasteiger partial charge >= 0.3 is 6.09 Å². The molecule has 2 aromatic rings. The number of ether oxygens (including phenoxy) is 1. The fourth-order valence-electron chi connectivity index (χ4n) is 4.36. The molecule has 1 aliphatic rings. The van der Waals surface area contributed by atoms with E-state index in [9.17, 15) is 9.59 Å². The number of nitrogens with one attached hydrogen (secondary N) is 1. The van der Waals surface area contributed by atoms with E-state index in [1.165, 1.54) is 18.3 Å². The number of methoxy groups -OCH3 is 1. The van der Waals surface area contributed by atoms with Gasteiger partial charge in [-0.2, -0.15) is 0 Å². The lowest BCUT2D eigenvalue weighted by molar-refractivity contribution is 0.0773. The van der Waals surface area contributed by atoms with Crippen LogP contribution in [0.1, 0.15) is 55.1 Å².